The molecular formula is C24H29N5O5S. The van der Waals surface area contributed by atoms with Crippen molar-refractivity contribution in [1.82, 2.24) is 19.5 Å². The molecule has 2 fully saturated rings. The lowest BCUT2D eigenvalue weighted by atomic mass is 10.1. The first-order valence-electron chi connectivity index (χ1n) is 11.8. The van der Waals surface area contributed by atoms with E-state index in [4.69, 9.17) is 10.5 Å². The lowest BCUT2D eigenvalue weighted by Gasteiger charge is -2.28. The number of hydrogen-bond donors (Lipinski definition) is 2. The molecule has 1 aromatic heterocycles. The number of amides is 2. The molecule has 3 N–H and O–H groups in total. The van der Waals surface area contributed by atoms with Gasteiger partial charge in [0.1, 0.15) is 12.4 Å². The van der Waals surface area contributed by atoms with Crippen molar-refractivity contribution in [3.05, 3.63) is 48.3 Å². The van der Waals surface area contributed by atoms with E-state index in [0.717, 1.165) is 11.1 Å². The zero-order chi connectivity index (χ0) is 24.6. The molecule has 1 aliphatic carbocycles. The molecule has 186 valence electrons. The summed E-state index contributed by atoms with van der Waals surface area (Å²) in [7, 11) is -3.64. The molecule has 0 spiro atoms. The fourth-order valence-electron chi connectivity index (χ4n) is 4.61. The SMILES string of the molecule is N[C@@H]1C[C@H]2COc3cccc(c3)-c3cncc(c3)C(=O)NCCN(S(=O)(=O)C3CC3)CC(=O)N2C1. The molecule has 0 radical (unpaired) electrons. The number of aromatic nitrogens is 1. The number of nitrogens with two attached hydrogens (primary N) is 1. The van der Waals surface area contributed by atoms with Crippen molar-refractivity contribution < 1.29 is 22.7 Å². The Morgan fingerprint density at radius 1 is 1.09 bits per heavy atom. The van der Waals surface area contributed by atoms with Gasteiger partial charge in [-0.1, -0.05) is 12.1 Å². The minimum atomic E-state index is -3.64. The smallest absolute Gasteiger partial charge is 0.252 e. The van der Waals surface area contributed by atoms with Gasteiger partial charge in [-0.15, -0.1) is 0 Å². The Labute approximate surface area is 204 Å². The maximum Gasteiger partial charge on any atom is 0.252 e. The molecule has 35 heavy (non-hydrogen) atoms. The summed E-state index contributed by atoms with van der Waals surface area (Å²) in [5.74, 6) is -0.0553. The van der Waals surface area contributed by atoms with E-state index in [1.165, 1.54) is 10.5 Å². The van der Waals surface area contributed by atoms with E-state index in [9.17, 15) is 18.0 Å². The van der Waals surface area contributed by atoms with Gasteiger partial charge in [-0.3, -0.25) is 14.6 Å². The van der Waals surface area contributed by atoms with Gasteiger partial charge >= 0.3 is 0 Å². The number of nitrogens with one attached hydrogen (secondary N) is 1. The Morgan fingerprint density at radius 2 is 1.89 bits per heavy atom. The topological polar surface area (TPSA) is 135 Å². The van der Waals surface area contributed by atoms with Gasteiger partial charge < -0.3 is 20.7 Å². The average Bonchev–Trinajstić information content (AvgIpc) is 3.65. The maximum atomic E-state index is 13.3. The Balaban J connectivity index is 1.47. The minimum Gasteiger partial charge on any atom is -0.491 e. The van der Waals surface area contributed by atoms with E-state index in [0.29, 0.717) is 37.1 Å². The van der Waals surface area contributed by atoms with Crippen LogP contribution in [0.4, 0.5) is 0 Å². The molecular weight excluding hydrogens is 470 g/mol. The predicted molar refractivity (Wildman–Crippen MR) is 129 cm³/mol. The normalized spacial score (nSPS) is 24.3. The van der Waals surface area contributed by atoms with Gasteiger partial charge in [0.2, 0.25) is 15.9 Å². The molecule has 0 unspecified atom stereocenters. The standard InChI is InChI=1S/C24H29N5O5S/c25-19-10-20-15-34-21-3-1-2-16(9-21)17-8-18(12-26-11-17)24(31)27-6-7-28(14-23(30)29(20)13-19)35(32,33)22-4-5-22/h1-3,8-9,11-12,19-20,22H,4-7,10,13-15,25H2,(H,27,31)/t19-,20+/m1/s1. The minimum absolute atomic E-state index is 0.00523. The number of benzene rings is 1. The van der Waals surface area contributed by atoms with Crippen LogP contribution in [0.3, 0.4) is 0 Å². The molecule has 1 aromatic carbocycles. The lowest BCUT2D eigenvalue weighted by Crippen LogP contribution is -2.49. The molecule has 1 saturated heterocycles. The molecule has 3 heterocycles. The van der Waals surface area contributed by atoms with Crippen LogP contribution in [0.5, 0.6) is 5.75 Å². The van der Waals surface area contributed by atoms with Gasteiger partial charge in [0, 0.05) is 43.6 Å². The summed E-state index contributed by atoms with van der Waals surface area (Å²) < 4.78 is 33.3. The van der Waals surface area contributed by atoms with E-state index < -0.39 is 15.3 Å². The molecule has 1 saturated carbocycles. The van der Waals surface area contributed by atoms with Crippen LogP contribution < -0.4 is 15.8 Å². The van der Waals surface area contributed by atoms with Crippen LogP contribution in [0.2, 0.25) is 0 Å². The molecule has 2 amide bonds. The zero-order valence-electron chi connectivity index (χ0n) is 19.3. The summed E-state index contributed by atoms with van der Waals surface area (Å²) in [6.07, 6.45) is 4.88. The van der Waals surface area contributed by atoms with Gasteiger partial charge in [0.15, 0.2) is 0 Å². The van der Waals surface area contributed by atoms with Crippen molar-refractivity contribution >= 4 is 21.8 Å². The second-order valence-corrected chi connectivity index (χ2v) is 11.5. The molecule has 5 rings (SSSR count). The number of carbonyl (C=O) groups excluding carboxylic acids is 2. The van der Waals surface area contributed by atoms with E-state index in [1.54, 1.807) is 17.2 Å². The van der Waals surface area contributed by atoms with Crippen LogP contribution in [0.15, 0.2) is 42.7 Å². The number of sulfonamides is 1. The summed E-state index contributed by atoms with van der Waals surface area (Å²) in [5, 5.41) is 2.30. The average molecular weight is 500 g/mol. The Bertz CT molecular complexity index is 1230. The van der Waals surface area contributed by atoms with E-state index >= 15 is 0 Å². The van der Waals surface area contributed by atoms with Crippen LogP contribution >= 0.6 is 0 Å². The Kier molecular flexibility index (Phi) is 6.47. The second-order valence-electron chi connectivity index (χ2n) is 9.33. The first kappa shape index (κ1) is 23.7. The number of rotatable bonds is 2. The number of carbonyl (C=O) groups is 2. The first-order valence-corrected chi connectivity index (χ1v) is 13.3. The highest BCUT2D eigenvalue weighted by Crippen LogP contribution is 2.31. The van der Waals surface area contributed by atoms with Crippen LogP contribution in [0.1, 0.15) is 29.6 Å². The van der Waals surface area contributed by atoms with Crippen LogP contribution in [-0.4, -0.2) is 84.5 Å². The van der Waals surface area contributed by atoms with E-state index in [2.05, 4.69) is 10.3 Å². The Morgan fingerprint density at radius 3 is 2.69 bits per heavy atom. The van der Waals surface area contributed by atoms with Crippen molar-refractivity contribution in [1.29, 1.82) is 0 Å². The summed E-state index contributed by atoms with van der Waals surface area (Å²) >= 11 is 0. The third-order valence-electron chi connectivity index (χ3n) is 6.64. The van der Waals surface area contributed by atoms with Crippen molar-refractivity contribution in [2.75, 3.05) is 32.8 Å². The summed E-state index contributed by atoms with van der Waals surface area (Å²) in [4.78, 5) is 31.9. The zero-order valence-corrected chi connectivity index (χ0v) is 20.1. The first-order chi connectivity index (χ1) is 16.8. The molecule has 11 heteroatoms. The Hall–Kier alpha value is -3.02. The van der Waals surface area contributed by atoms with Crippen LogP contribution in [0, 0.1) is 0 Å². The van der Waals surface area contributed by atoms with Crippen molar-refractivity contribution in [3.8, 4) is 16.9 Å². The number of fused-ring (bicyclic) bond motifs is 6. The van der Waals surface area contributed by atoms with Crippen molar-refractivity contribution in [3.63, 3.8) is 0 Å². The molecule has 3 aliphatic rings. The summed E-state index contributed by atoms with van der Waals surface area (Å²) in [5.41, 5.74) is 8.12. The van der Waals surface area contributed by atoms with Gasteiger partial charge in [0.05, 0.1) is 23.4 Å². The molecule has 2 aromatic rings. The third kappa shape index (κ3) is 5.16. The third-order valence-corrected chi connectivity index (χ3v) is 8.99. The van der Waals surface area contributed by atoms with Crippen LogP contribution in [0.25, 0.3) is 11.1 Å². The largest absolute Gasteiger partial charge is 0.491 e. The van der Waals surface area contributed by atoms with Gasteiger partial charge in [-0.2, -0.15) is 4.31 Å². The highest BCUT2D eigenvalue weighted by Gasteiger charge is 2.42. The lowest BCUT2D eigenvalue weighted by molar-refractivity contribution is -0.132. The van der Waals surface area contributed by atoms with Gasteiger partial charge in [-0.05, 0) is 43.0 Å². The summed E-state index contributed by atoms with van der Waals surface area (Å²) in [6.45, 7) is 0.384. The van der Waals surface area contributed by atoms with Gasteiger partial charge in [0.25, 0.3) is 5.91 Å². The van der Waals surface area contributed by atoms with Gasteiger partial charge in [-0.25, -0.2) is 8.42 Å². The second kappa shape index (κ2) is 9.56. The van der Waals surface area contributed by atoms with Crippen molar-refractivity contribution in [2.24, 2.45) is 5.73 Å². The summed E-state index contributed by atoms with van der Waals surface area (Å²) in [6, 6.07) is 8.73. The fraction of sp³-hybridized carbons (Fsp3) is 0.458. The van der Waals surface area contributed by atoms with E-state index in [-0.39, 0.29) is 50.1 Å². The number of nitrogens with zero attached hydrogens (tertiary/aromatic N) is 3. The maximum absolute atomic E-state index is 13.3. The quantitative estimate of drug-likeness (QED) is 0.618. The highest BCUT2D eigenvalue weighted by molar-refractivity contribution is 7.90. The highest BCUT2D eigenvalue weighted by atomic mass is 32.2. The fourth-order valence-corrected chi connectivity index (χ4v) is 6.40. The van der Waals surface area contributed by atoms with Crippen molar-refractivity contribution in [2.45, 2.75) is 36.6 Å². The predicted octanol–water partition coefficient (Wildman–Crippen LogP) is 0.593. The number of ether oxygens (including phenoxy) is 1. The molecule has 10 nitrogen and oxygen atoms in total. The molecule has 2 aliphatic heterocycles. The molecule has 4 bridgehead atoms. The number of pyridine rings is 1. The number of hydrogen-bond acceptors (Lipinski definition) is 7. The van der Waals surface area contributed by atoms with E-state index in [1.807, 2.05) is 24.3 Å². The molecule has 2 atom stereocenters. The monoisotopic (exact) mass is 499 g/mol. The van der Waals surface area contributed by atoms with Crippen LogP contribution in [-0.2, 0) is 14.8 Å².